The quantitative estimate of drug-likeness (QED) is 0.792. The van der Waals surface area contributed by atoms with Crippen molar-refractivity contribution in [1.82, 2.24) is 0 Å². The third-order valence-electron chi connectivity index (χ3n) is 4.31. The van der Waals surface area contributed by atoms with E-state index in [0.717, 1.165) is 5.92 Å². The van der Waals surface area contributed by atoms with Gasteiger partial charge < -0.3 is 5.32 Å². The van der Waals surface area contributed by atoms with Crippen molar-refractivity contribution < 1.29 is 0 Å². The van der Waals surface area contributed by atoms with E-state index in [0.29, 0.717) is 6.04 Å². The van der Waals surface area contributed by atoms with Crippen LogP contribution in [0, 0.1) is 13.8 Å². The van der Waals surface area contributed by atoms with Gasteiger partial charge in [0, 0.05) is 16.2 Å². The molecule has 3 rings (SSSR count). The summed E-state index contributed by atoms with van der Waals surface area (Å²) in [6.45, 7) is 4.30. The molecule has 0 unspecified atom stereocenters. The number of aryl methyl sites for hydroxylation is 1. The fraction of sp³-hybridized carbons (Fsp3) is 0.333. The van der Waals surface area contributed by atoms with E-state index in [9.17, 15) is 0 Å². The van der Waals surface area contributed by atoms with Crippen LogP contribution in [0.2, 0.25) is 0 Å². The van der Waals surface area contributed by atoms with Gasteiger partial charge in [-0.05, 0) is 55.9 Å². The van der Waals surface area contributed by atoms with Crippen molar-refractivity contribution in [1.29, 1.82) is 0 Å². The Hall–Kier alpha value is -1.28. The van der Waals surface area contributed by atoms with Crippen LogP contribution in [0.1, 0.15) is 35.4 Å². The first-order valence-corrected chi connectivity index (χ1v) is 8.01. The number of rotatable bonds is 3. The van der Waals surface area contributed by atoms with E-state index in [1.54, 1.807) is 0 Å². The van der Waals surface area contributed by atoms with Gasteiger partial charge in [0.1, 0.15) is 0 Å². The van der Waals surface area contributed by atoms with Gasteiger partial charge in [-0.1, -0.05) is 51.8 Å². The third-order valence-corrected chi connectivity index (χ3v) is 5.17. The first-order valence-electron chi connectivity index (χ1n) is 7.21. The molecule has 1 saturated carbocycles. The minimum absolute atomic E-state index is 0.606. The fourth-order valence-electron chi connectivity index (χ4n) is 2.83. The molecule has 0 aliphatic heterocycles. The van der Waals surface area contributed by atoms with Crippen LogP contribution in [0.3, 0.4) is 0 Å². The van der Waals surface area contributed by atoms with Crippen molar-refractivity contribution in [3.63, 3.8) is 0 Å². The highest BCUT2D eigenvalue weighted by Crippen LogP contribution is 2.39. The minimum atomic E-state index is 0.606. The molecule has 0 spiro atoms. The zero-order chi connectivity index (χ0) is 14.1. The van der Waals surface area contributed by atoms with Gasteiger partial charge >= 0.3 is 0 Å². The van der Waals surface area contributed by atoms with Crippen LogP contribution in [-0.2, 0) is 0 Å². The van der Waals surface area contributed by atoms with Crippen LogP contribution < -0.4 is 5.32 Å². The molecular weight excluding hydrogens is 310 g/mol. The summed E-state index contributed by atoms with van der Waals surface area (Å²) in [7, 11) is 0. The molecule has 1 nitrogen and oxygen atoms in total. The lowest BCUT2D eigenvalue weighted by molar-refractivity contribution is 0.374. The maximum atomic E-state index is 3.67. The van der Waals surface area contributed by atoms with E-state index >= 15 is 0 Å². The molecule has 1 N–H and O–H groups in total. The highest BCUT2D eigenvalue weighted by molar-refractivity contribution is 9.10. The predicted molar refractivity (Wildman–Crippen MR) is 89.4 cm³/mol. The summed E-state index contributed by atoms with van der Waals surface area (Å²) in [5.74, 6) is 0.723. The van der Waals surface area contributed by atoms with Crippen molar-refractivity contribution in [2.45, 2.75) is 38.6 Å². The Morgan fingerprint density at radius 2 is 1.70 bits per heavy atom. The molecule has 0 aromatic heterocycles. The molecule has 1 aliphatic rings. The molecule has 20 heavy (non-hydrogen) atoms. The van der Waals surface area contributed by atoms with Crippen LogP contribution in [0.25, 0.3) is 0 Å². The van der Waals surface area contributed by atoms with Crippen LogP contribution in [-0.4, -0.2) is 6.04 Å². The third kappa shape index (κ3) is 2.76. The first kappa shape index (κ1) is 13.7. The maximum absolute atomic E-state index is 3.67. The Morgan fingerprint density at radius 3 is 2.40 bits per heavy atom. The highest BCUT2D eigenvalue weighted by atomic mass is 79.9. The Kier molecular flexibility index (Phi) is 3.84. The second-order valence-corrected chi connectivity index (χ2v) is 6.69. The van der Waals surface area contributed by atoms with Crippen LogP contribution in [0.4, 0.5) is 5.69 Å². The SMILES string of the molecule is Cc1ccc(C2CC(Nc3cccc(Br)c3C)C2)cc1. The molecule has 0 bridgehead atoms. The summed E-state index contributed by atoms with van der Waals surface area (Å²) >= 11 is 3.59. The summed E-state index contributed by atoms with van der Waals surface area (Å²) in [5, 5.41) is 3.67. The van der Waals surface area contributed by atoms with Gasteiger partial charge in [0.2, 0.25) is 0 Å². The lowest BCUT2D eigenvalue weighted by Gasteiger charge is -2.37. The van der Waals surface area contributed by atoms with Gasteiger partial charge in [0.25, 0.3) is 0 Å². The fourth-order valence-corrected chi connectivity index (χ4v) is 3.20. The molecule has 0 radical (unpaired) electrons. The molecule has 104 valence electrons. The van der Waals surface area contributed by atoms with E-state index in [1.165, 1.54) is 39.7 Å². The lowest BCUT2D eigenvalue weighted by atomic mass is 9.75. The first-order chi connectivity index (χ1) is 9.63. The topological polar surface area (TPSA) is 12.0 Å². The van der Waals surface area contributed by atoms with Crippen LogP contribution >= 0.6 is 15.9 Å². The molecule has 2 heteroatoms. The van der Waals surface area contributed by atoms with E-state index in [-0.39, 0.29) is 0 Å². The Morgan fingerprint density at radius 1 is 1.00 bits per heavy atom. The molecule has 0 atom stereocenters. The van der Waals surface area contributed by atoms with Gasteiger partial charge in [0.05, 0.1) is 0 Å². The molecular formula is C18H20BrN. The van der Waals surface area contributed by atoms with Gasteiger partial charge in [0.15, 0.2) is 0 Å². The van der Waals surface area contributed by atoms with E-state index in [4.69, 9.17) is 0 Å². The van der Waals surface area contributed by atoms with Gasteiger partial charge in [-0.2, -0.15) is 0 Å². The number of benzene rings is 2. The van der Waals surface area contributed by atoms with Crippen molar-refractivity contribution in [2.24, 2.45) is 0 Å². The molecule has 0 saturated heterocycles. The number of nitrogens with one attached hydrogen (secondary N) is 1. The van der Waals surface area contributed by atoms with Crippen LogP contribution in [0.15, 0.2) is 46.9 Å². The second-order valence-electron chi connectivity index (χ2n) is 5.83. The molecule has 0 amide bonds. The van der Waals surface area contributed by atoms with Crippen molar-refractivity contribution in [3.8, 4) is 0 Å². The zero-order valence-electron chi connectivity index (χ0n) is 12.0. The maximum Gasteiger partial charge on any atom is 0.0383 e. The van der Waals surface area contributed by atoms with Gasteiger partial charge in [-0.15, -0.1) is 0 Å². The Labute approximate surface area is 129 Å². The Bertz CT molecular complexity index is 597. The van der Waals surface area contributed by atoms with Crippen molar-refractivity contribution >= 4 is 21.6 Å². The average Bonchev–Trinajstić information content (AvgIpc) is 2.39. The zero-order valence-corrected chi connectivity index (χ0v) is 13.6. The lowest BCUT2D eigenvalue weighted by Crippen LogP contribution is -2.34. The average molecular weight is 330 g/mol. The normalized spacial score (nSPS) is 21.4. The smallest absolute Gasteiger partial charge is 0.0383 e. The largest absolute Gasteiger partial charge is 0.382 e. The monoisotopic (exact) mass is 329 g/mol. The highest BCUT2D eigenvalue weighted by Gasteiger charge is 2.30. The number of hydrogen-bond acceptors (Lipinski definition) is 1. The van der Waals surface area contributed by atoms with Crippen LogP contribution in [0.5, 0.6) is 0 Å². The summed E-state index contributed by atoms with van der Waals surface area (Å²) in [5.41, 5.74) is 5.38. The molecule has 2 aromatic rings. The molecule has 2 aromatic carbocycles. The Balaban J connectivity index is 1.61. The summed E-state index contributed by atoms with van der Waals surface area (Å²) in [6, 6.07) is 15.9. The predicted octanol–water partition coefficient (Wildman–Crippen LogP) is 5.42. The van der Waals surface area contributed by atoms with Gasteiger partial charge in [-0.25, -0.2) is 0 Å². The summed E-state index contributed by atoms with van der Waals surface area (Å²) < 4.78 is 1.18. The molecule has 1 aliphatic carbocycles. The van der Waals surface area contributed by atoms with Crippen molar-refractivity contribution in [2.75, 3.05) is 5.32 Å². The number of hydrogen-bond donors (Lipinski definition) is 1. The minimum Gasteiger partial charge on any atom is -0.382 e. The molecule has 0 heterocycles. The number of halogens is 1. The summed E-state index contributed by atoms with van der Waals surface area (Å²) in [6.07, 6.45) is 2.46. The van der Waals surface area contributed by atoms with E-state index in [1.807, 2.05) is 0 Å². The standard InChI is InChI=1S/C18H20BrN/c1-12-6-8-14(9-7-12)15-10-16(11-15)20-18-5-3-4-17(19)13(18)2/h3-9,15-16,20H,10-11H2,1-2H3. The number of anilines is 1. The van der Waals surface area contributed by atoms with Gasteiger partial charge in [-0.3, -0.25) is 0 Å². The second kappa shape index (κ2) is 5.61. The van der Waals surface area contributed by atoms with Crippen molar-refractivity contribution in [3.05, 3.63) is 63.6 Å². The summed E-state index contributed by atoms with van der Waals surface area (Å²) in [4.78, 5) is 0. The van der Waals surface area contributed by atoms with E-state index < -0.39 is 0 Å². The molecule has 1 fully saturated rings. The van der Waals surface area contributed by atoms with E-state index in [2.05, 4.69) is 77.6 Å².